The largest absolute Gasteiger partial charge is 0.346 e. The highest BCUT2D eigenvalue weighted by atomic mass is 15.4. The molecule has 4 heterocycles. The standard InChI is InChI=1S/C57H44N6/c1-57(2)45-28-10-14-32-50(45)63(56-59-48-30-12-8-25-43(48)54(61-56)41-27-16-20-36-18-4-6-22-38(36)41)52-34-51-44(33-46(52)57)39-23-9-13-31-49(39)62(51)55-58-47-29-11-7-24-42(47)53(60-55)40-26-15-19-35-17-3-5-21-37(35)40/h3-6,8-18,20-23,25-35,56,59H,7,19,24H2,1-2H3. The lowest BCUT2D eigenvalue weighted by molar-refractivity contribution is 0.612. The molecular formula is C57H44N6. The number of hydrogen-bond acceptors (Lipinski definition) is 5. The molecule has 0 saturated heterocycles. The van der Waals surface area contributed by atoms with Crippen LogP contribution in [0.5, 0.6) is 0 Å². The van der Waals surface area contributed by atoms with E-state index in [1.807, 2.05) is 0 Å². The minimum absolute atomic E-state index is 0.311. The van der Waals surface area contributed by atoms with Crippen molar-refractivity contribution in [3.05, 3.63) is 215 Å². The monoisotopic (exact) mass is 812 g/mol. The summed E-state index contributed by atoms with van der Waals surface area (Å²) in [5.74, 6) is 1.03. The Hall–Kier alpha value is -7.57. The Morgan fingerprint density at radius 1 is 0.667 bits per heavy atom. The number of hydrogen-bond donors (Lipinski definition) is 1. The average molecular weight is 813 g/mol. The van der Waals surface area contributed by atoms with Crippen molar-refractivity contribution >= 4 is 67.0 Å². The van der Waals surface area contributed by atoms with Gasteiger partial charge in [0.2, 0.25) is 12.2 Å². The van der Waals surface area contributed by atoms with E-state index in [0.29, 0.717) is 11.9 Å². The molecule has 2 aliphatic heterocycles. The second-order valence-corrected chi connectivity index (χ2v) is 17.9. The summed E-state index contributed by atoms with van der Waals surface area (Å²) in [7, 11) is 0. The third-order valence-electron chi connectivity index (χ3n) is 14.0. The molecule has 5 aliphatic rings. The quantitative estimate of drug-likeness (QED) is 0.192. The number of aromatic nitrogens is 3. The van der Waals surface area contributed by atoms with Gasteiger partial charge in [-0.2, -0.15) is 0 Å². The van der Waals surface area contributed by atoms with Gasteiger partial charge in [0.15, 0.2) is 0 Å². The summed E-state index contributed by atoms with van der Waals surface area (Å²) in [4.78, 5) is 19.2. The second-order valence-electron chi connectivity index (χ2n) is 17.9. The predicted octanol–water partition coefficient (Wildman–Crippen LogP) is 13.2. The summed E-state index contributed by atoms with van der Waals surface area (Å²) in [6.07, 6.45) is 20.5. The maximum atomic E-state index is 5.73. The van der Waals surface area contributed by atoms with Gasteiger partial charge in [0.1, 0.15) is 0 Å². The van der Waals surface area contributed by atoms with Crippen molar-refractivity contribution in [3.63, 3.8) is 0 Å². The molecule has 0 radical (unpaired) electrons. The Bertz CT molecular complexity index is 3460. The molecule has 3 aliphatic carbocycles. The number of allylic oxidation sites excluding steroid dienone is 9. The number of nitrogens with one attached hydrogen (secondary N) is 1. The van der Waals surface area contributed by atoms with E-state index >= 15 is 0 Å². The van der Waals surface area contributed by atoms with Crippen molar-refractivity contribution in [3.8, 4) is 5.95 Å². The highest BCUT2D eigenvalue weighted by molar-refractivity contribution is 6.22. The van der Waals surface area contributed by atoms with Gasteiger partial charge in [-0.1, -0.05) is 153 Å². The first kappa shape index (κ1) is 36.1. The first-order valence-electron chi connectivity index (χ1n) is 22.2. The third kappa shape index (κ3) is 5.40. The molecule has 13 rings (SSSR count). The van der Waals surface area contributed by atoms with Gasteiger partial charge < -0.3 is 10.2 Å². The van der Waals surface area contributed by atoms with Crippen LogP contribution in [0.3, 0.4) is 0 Å². The van der Waals surface area contributed by atoms with E-state index in [1.165, 1.54) is 49.4 Å². The van der Waals surface area contributed by atoms with Crippen LogP contribution in [-0.2, 0) is 11.8 Å². The number of para-hydroxylation sites is 3. The zero-order valence-electron chi connectivity index (χ0n) is 35.3. The lowest BCUT2D eigenvalue weighted by atomic mass is 9.73. The van der Waals surface area contributed by atoms with Crippen LogP contribution in [-0.4, -0.2) is 26.5 Å². The minimum Gasteiger partial charge on any atom is -0.346 e. The van der Waals surface area contributed by atoms with Crippen LogP contribution in [0, 0.1) is 5.92 Å². The number of anilines is 3. The van der Waals surface area contributed by atoms with Crippen LogP contribution in [0.1, 0.15) is 65.9 Å². The van der Waals surface area contributed by atoms with Crippen LogP contribution in [0.15, 0.2) is 180 Å². The smallest absolute Gasteiger partial charge is 0.235 e. The lowest BCUT2D eigenvalue weighted by Crippen LogP contribution is -2.44. The van der Waals surface area contributed by atoms with Crippen molar-refractivity contribution in [2.75, 3.05) is 10.2 Å². The fourth-order valence-electron chi connectivity index (χ4n) is 11.0. The van der Waals surface area contributed by atoms with Gasteiger partial charge in [-0.3, -0.25) is 4.57 Å². The summed E-state index contributed by atoms with van der Waals surface area (Å²) in [5.41, 5.74) is 16.6. The molecule has 302 valence electrons. The summed E-state index contributed by atoms with van der Waals surface area (Å²) in [5, 5.41) is 8.66. The van der Waals surface area contributed by atoms with E-state index in [1.54, 1.807) is 0 Å². The van der Waals surface area contributed by atoms with E-state index in [2.05, 4.69) is 205 Å². The number of benzene rings is 6. The van der Waals surface area contributed by atoms with E-state index in [9.17, 15) is 0 Å². The summed E-state index contributed by atoms with van der Waals surface area (Å²) < 4.78 is 2.31. The zero-order valence-corrected chi connectivity index (χ0v) is 35.3. The van der Waals surface area contributed by atoms with E-state index in [4.69, 9.17) is 15.0 Å². The molecule has 0 fully saturated rings. The van der Waals surface area contributed by atoms with Crippen LogP contribution >= 0.6 is 0 Å². The number of nitrogens with zero attached hydrogens (tertiary/aromatic N) is 5. The maximum absolute atomic E-state index is 5.73. The Morgan fingerprint density at radius 3 is 2.43 bits per heavy atom. The average Bonchev–Trinajstić information content (AvgIpc) is 3.66. The van der Waals surface area contributed by atoms with E-state index in [0.717, 1.165) is 75.6 Å². The van der Waals surface area contributed by atoms with Gasteiger partial charge in [0, 0.05) is 55.7 Å². The van der Waals surface area contributed by atoms with Crippen molar-refractivity contribution in [2.24, 2.45) is 10.9 Å². The molecule has 0 bridgehead atoms. The van der Waals surface area contributed by atoms with Crippen molar-refractivity contribution < 1.29 is 0 Å². The predicted molar refractivity (Wildman–Crippen MR) is 260 cm³/mol. The van der Waals surface area contributed by atoms with Gasteiger partial charge >= 0.3 is 0 Å². The molecule has 1 N–H and O–H groups in total. The van der Waals surface area contributed by atoms with Crippen molar-refractivity contribution in [1.82, 2.24) is 14.5 Å². The molecule has 6 nitrogen and oxygen atoms in total. The van der Waals surface area contributed by atoms with E-state index in [-0.39, 0.29) is 5.41 Å². The Balaban J connectivity index is 1.07. The molecule has 6 heteroatoms. The topological polar surface area (TPSA) is 58.3 Å². The molecule has 0 amide bonds. The van der Waals surface area contributed by atoms with Gasteiger partial charge in [0.05, 0.1) is 33.8 Å². The molecule has 6 aromatic carbocycles. The van der Waals surface area contributed by atoms with Crippen LogP contribution in [0.4, 0.5) is 17.1 Å². The molecule has 8 aromatic rings. The highest BCUT2D eigenvalue weighted by Gasteiger charge is 2.41. The fraction of sp³-hybridized carbons (Fsp3) is 0.140. The highest BCUT2D eigenvalue weighted by Crippen LogP contribution is 2.52. The van der Waals surface area contributed by atoms with E-state index < -0.39 is 6.29 Å². The Kier molecular flexibility index (Phi) is 7.86. The molecule has 0 saturated carbocycles. The van der Waals surface area contributed by atoms with Crippen LogP contribution in [0.25, 0.3) is 50.2 Å². The van der Waals surface area contributed by atoms with Gasteiger partial charge in [-0.25, -0.2) is 15.0 Å². The number of aliphatic imine (C=N–C) groups is 1. The van der Waals surface area contributed by atoms with Gasteiger partial charge in [0.25, 0.3) is 0 Å². The third-order valence-corrected chi connectivity index (χ3v) is 14.0. The first-order chi connectivity index (χ1) is 31.0. The maximum Gasteiger partial charge on any atom is 0.235 e. The molecule has 2 atom stereocenters. The number of fused-ring (bicyclic) bond motifs is 9. The van der Waals surface area contributed by atoms with Gasteiger partial charge in [-0.15, -0.1) is 0 Å². The molecular weight excluding hydrogens is 769 g/mol. The van der Waals surface area contributed by atoms with Crippen LogP contribution in [0.2, 0.25) is 0 Å². The van der Waals surface area contributed by atoms with Crippen molar-refractivity contribution in [1.29, 1.82) is 0 Å². The number of rotatable bonds is 4. The first-order valence-corrected chi connectivity index (χ1v) is 22.2. The summed E-state index contributed by atoms with van der Waals surface area (Å²) in [6, 6.07) is 46.2. The summed E-state index contributed by atoms with van der Waals surface area (Å²) >= 11 is 0. The summed E-state index contributed by atoms with van der Waals surface area (Å²) in [6.45, 7) is 4.72. The lowest BCUT2D eigenvalue weighted by Gasteiger charge is -2.45. The fourth-order valence-corrected chi connectivity index (χ4v) is 11.0. The zero-order chi connectivity index (χ0) is 41.8. The molecule has 0 spiro atoms. The van der Waals surface area contributed by atoms with Crippen LogP contribution < -0.4 is 10.2 Å². The Morgan fingerprint density at radius 2 is 1.48 bits per heavy atom. The second kappa shape index (κ2) is 13.7. The SMILES string of the molecule is CC1(C)c2ccccc2N(C2N=C(c3cccc4ccccc34)c3ccccc3N2)c2cc3c(cc21)c1ccccc1n3-c1nc2c(c(C3=C4C=CC=CC4CC=C3)n1)CCC=C2. The Labute approximate surface area is 366 Å². The van der Waals surface area contributed by atoms with Gasteiger partial charge in [-0.05, 0) is 83.1 Å². The molecule has 63 heavy (non-hydrogen) atoms. The molecule has 2 aromatic heterocycles. The molecule has 2 unspecified atom stereocenters. The normalized spacial score (nSPS) is 19.1. The minimum atomic E-state index is -0.450. The van der Waals surface area contributed by atoms with Crippen molar-refractivity contribution in [2.45, 2.75) is 44.8 Å².